The molecular formula is C16H19NO3S. The van der Waals surface area contributed by atoms with Crippen LogP contribution in [0.1, 0.15) is 16.7 Å². The van der Waals surface area contributed by atoms with Crippen molar-refractivity contribution < 1.29 is 13.2 Å². The van der Waals surface area contributed by atoms with Gasteiger partial charge in [0.05, 0.1) is 23.4 Å². The fourth-order valence-corrected chi connectivity index (χ4v) is 3.60. The molecule has 0 fully saturated rings. The van der Waals surface area contributed by atoms with E-state index in [1.807, 2.05) is 32.0 Å². The first-order valence-electron chi connectivity index (χ1n) is 6.56. The van der Waals surface area contributed by atoms with Crippen molar-refractivity contribution in [1.82, 2.24) is 0 Å². The fraction of sp³-hybridized carbons (Fsp3) is 0.250. The summed E-state index contributed by atoms with van der Waals surface area (Å²) < 4.78 is 30.2. The molecule has 0 aliphatic heterocycles. The van der Waals surface area contributed by atoms with Crippen molar-refractivity contribution in [3.63, 3.8) is 0 Å². The molecule has 0 atom stereocenters. The minimum atomic E-state index is -3.51. The maximum atomic E-state index is 12.6. The second-order valence-electron chi connectivity index (χ2n) is 5.08. The minimum absolute atomic E-state index is 0.0779. The van der Waals surface area contributed by atoms with Crippen LogP contribution in [0.5, 0.6) is 5.75 Å². The van der Waals surface area contributed by atoms with Gasteiger partial charge in [0.2, 0.25) is 0 Å². The van der Waals surface area contributed by atoms with Gasteiger partial charge in [0.25, 0.3) is 0 Å². The van der Waals surface area contributed by atoms with Gasteiger partial charge in [-0.15, -0.1) is 0 Å². The van der Waals surface area contributed by atoms with E-state index in [1.54, 1.807) is 12.1 Å². The summed E-state index contributed by atoms with van der Waals surface area (Å²) in [5.41, 5.74) is 9.00. The number of nitrogen functional groups attached to an aromatic ring is 1. The standard InChI is InChI=1S/C16H19NO3S/c1-11-4-5-13(8-12(11)2)10-21(18,19)16-9-14(20-3)6-7-15(16)17/h4-9H,10,17H2,1-3H3. The molecule has 2 rings (SSSR count). The molecule has 0 radical (unpaired) electrons. The highest BCUT2D eigenvalue weighted by Gasteiger charge is 2.19. The van der Waals surface area contributed by atoms with E-state index in [-0.39, 0.29) is 16.3 Å². The Kier molecular flexibility index (Phi) is 4.23. The number of nitrogens with two attached hydrogens (primary N) is 1. The van der Waals surface area contributed by atoms with E-state index in [0.29, 0.717) is 5.75 Å². The number of anilines is 1. The highest BCUT2D eigenvalue weighted by molar-refractivity contribution is 7.90. The van der Waals surface area contributed by atoms with E-state index >= 15 is 0 Å². The summed E-state index contributed by atoms with van der Waals surface area (Å²) in [6.45, 7) is 3.96. The number of aryl methyl sites for hydroxylation is 2. The fourth-order valence-electron chi connectivity index (χ4n) is 2.10. The van der Waals surface area contributed by atoms with Gasteiger partial charge in [-0.05, 0) is 42.7 Å². The van der Waals surface area contributed by atoms with Gasteiger partial charge in [-0.3, -0.25) is 0 Å². The molecule has 0 unspecified atom stereocenters. The van der Waals surface area contributed by atoms with Crippen LogP contribution in [-0.4, -0.2) is 15.5 Å². The Balaban J connectivity index is 2.40. The molecule has 4 nitrogen and oxygen atoms in total. The molecule has 0 saturated carbocycles. The molecule has 21 heavy (non-hydrogen) atoms. The van der Waals surface area contributed by atoms with Crippen molar-refractivity contribution in [2.75, 3.05) is 12.8 Å². The SMILES string of the molecule is COc1ccc(N)c(S(=O)(=O)Cc2ccc(C)c(C)c2)c1. The van der Waals surface area contributed by atoms with Gasteiger partial charge in [-0.25, -0.2) is 8.42 Å². The predicted octanol–water partition coefficient (Wildman–Crippen LogP) is 2.87. The molecule has 112 valence electrons. The van der Waals surface area contributed by atoms with Crippen LogP contribution in [0.2, 0.25) is 0 Å². The van der Waals surface area contributed by atoms with E-state index in [2.05, 4.69) is 0 Å². The average Bonchev–Trinajstić information content (AvgIpc) is 2.43. The average molecular weight is 305 g/mol. The van der Waals surface area contributed by atoms with Gasteiger partial charge < -0.3 is 10.5 Å². The van der Waals surface area contributed by atoms with Crippen molar-refractivity contribution in [2.45, 2.75) is 24.5 Å². The summed E-state index contributed by atoms with van der Waals surface area (Å²) >= 11 is 0. The molecule has 0 spiro atoms. The number of hydrogen-bond acceptors (Lipinski definition) is 4. The molecule has 0 aliphatic carbocycles. The molecule has 2 aromatic rings. The van der Waals surface area contributed by atoms with Gasteiger partial charge >= 0.3 is 0 Å². The van der Waals surface area contributed by atoms with Crippen LogP contribution in [0.15, 0.2) is 41.3 Å². The molecule has 0 aliphatic rings. The first kappa shape index (κ1) is 15.4. The zero-order valence-electron chi connectivity index (χ0n) is 12.4. The summed E-state index contributed by atoms with van der Waals surface area (Å²) in [4.78, 5) is 0.111. The zero-order chi connectivity index (χ0) is 15.6. The van der Waals surface area contributed by atoms with E-state index in [9.17, 15) is 8.42 Å². The topological polar surface area (TPSA) is 69.4 Å². The zero-order valence-corrected chi connectivity index (χ0v) is 13.2. The van der Waals surface area contributed by atoms with Crippen LogP contribution in [0.4, 0.5) is 5.69 Å². The lowest BCUT2D eigenvalue weighted by molar-refractivity contribution is 0.413. The molecule has 0 heterocycles. The lowest BCUT2D eigenvalue weighted by Crippen LogP contribution is -2.08. The molecular weight excluding hydrogens is 286 g/mol. The van der Waals surface area contributed by atoms with E-state index < -0.39 is 9.84 Å². The van der Waals surface area contributed by atoms with Gasteiger partial charge in [0.1, 0.15) is 5.75 Å². The van der Waals surface area contributed by atoms with Crippen LogP contribution in [0.25, 0.3) is 0 Å². The number of rotatable bonds is 4. The maximum Gasteiger partial charge on any atom is 0.184 e. The van der Waals surface area contributed by atoms with E-state index in [0.717, 1.165) is 16.7 Å². The normalized spacial score (nSPS) is 11.4. The number of benzene rings is 2. The third kappa shape index (κ3) is 3.36. The van der Waals surface area contributed by atoms with Gasteiger partial charge in [0.15, 0.2) is 9.84 Å². The minimum Gasteiger partial charge on any atom is -0.497 e. The molecule has 0 aromatic heterocycles. The van der Waals surface area contributed by atoms with Gasteiger partial charge in [-0.2, -0.15) is 0 Å². The lowest BCUT2D eigenvalue weighted by Gasteiger charge is -2.10. The van der Waals surface area contributed by atoms with Crippen LogP contribution >= 0.6 is 0 Å². The quantitative estimate of drug-likeness (QED) is 0.882. The Morgan fingerprint density at radius 2 is 1.76 bits per heavy atom. The Bertz CT molecular complexity index is 767. The first-order chi connectivity index (χ1) is 9.83. The molecule has 0 bridgehead atoms. The summed E-state index contributed by atoms with van der Waals surface area (Å²) in [5, 5.41) is 0. The van der Waals surface area contributed by atoms with Crippen LogP contribution in [-0.2, 0) is 15.6 Å². The predicted molar refractivity (Wildman–Crippen MR) is 84.2 cm³/mol. The van der Waals surface area contributed by atoms with Crippen LogP contribution in [0, 0.1) is 13.8 Å². The third-order valence-electron chi connectivity index (χ3n) is 3.48. The van der Waals surface area contributed by atoms with Crippen LogP contribution in [0.3, 0.4) is 0 Å². The smallest absolute Gasteiger partial charge is 0.184 e. The van der Waals surface area contributed by atoms with Gasteiger partial charge in [-0.1, -0.05) is 18.2 Å². The summed E-state index contributed by atoms with van der Waals surface area (Å²) in [7, 11) is -2.02. The summed E-state index contributed by atoms with van der Waals surface area (Å²) in [5.74, 6) is 0.397. The number of sulfone groups is 1. The highest BCUT2D eigenvalue weighted by atomic mass is 32.2. The van der Waals surface area contributed by atoms with E-state index in [4.69, 9.17) is 10.5 Å². The second-order valence-corrected chi connectivity index (χ2v) is 7.04. The third-order valence-corrected chi connectivity index (χ3v) is 5.22. The van der Waals surface area contributed by atoms with Crippen molar-refractivity contribution in [3.8, 4) is 5.75 Å². The molecule has 2 N–H and O–H groups in total. The Hall–Kier alpha value is -2.01. The van der Waals surface area contributed by atoms with Crippen molar-refractivity contribution >= 4 is 15.5 Å². The molecule has 0 amide bonds. The van der Waals surface area contributed by atoms with Crippen LogP contribution < -0.4 is 10.5 Å². The van der Waals surface area contributed by atoms with Gasteiger partial charge in [0, 0.05) is 6.07 Å². The monoisotopic (exact) mass is 305 g/mol. The molecule has 0 saturated heterocycles. The van der Waals surface area contributed by atoms with Crippen molar-refractivity contribution in [1.29, 1.82) is 0 Å². The van der Waals surface area contributed by atoms with Crippen molar-refractivity contribution in [2.24, 2.45) is 0 Å². The Morgan fingerprint density at radius 1 is 1.05 bits per heavy atom. The highest BCUT2D eigenvalue weighted by Crippen LogP contribution is 2.27. The summed E-state index contributed by atoms with van der Waals surface area (Å²) in [6, 6.07) is 10.3. The molecule has 2 aromatic carbocycles. The molecule has 5 heteroatoms. The Morgan fingerprint density at radius 3 is 2.38 bits per heavy atom. The number of ether oxygens (including phenoxy) is 1. The summed E-state index contributed by atoms with van der Waals surface area (Å²) in [6.07, 6.45) is 0. The largest absolute Gasteiger partial charge is 0.497 e. The Labute approximate surface area is 125 Å². The number of methoxy groups -OCH3 is 1. The number of hydrogen-bond donors (Lipinski definition) is 1. The van der Waals surface area contributed by atoms with E-state index in [1.165, 1.54) is 13.2 Å². The maximum absolute atomic E-state index is 12.6. The second kappa shape index (κ2) is 5.77. The lowest BCUT2D eigenvalue weighted by atomic mass is 10.1. The first-order valence-corrected chi connectivity index (χ1v) is 8.21. The van der Waals surface area contributed by atoms with Crippen molar-refractivity contribution in [3.05, 3.63) is 53.1 Å².